The fraction of sp³-hybridized carbons (Fsp3) is 0.938. The first-order valence-corrected chi connectivity index (χ1v) is 31.9. The minimum Gasteiger partial charge on any atom is -0.466 e. The molecule has 416 valence electrons. The second-order valence-electron chi connectivity index (χ2n) is 22.1. The van der Waals surface area contributed by atoms with Crippen molar-refractivity contribution in [2.75, 3.05) is 13.2 Å². The number of rotatable bonds is 60. The van der Waals surface area contributed by atoms with E-state index in [1.807, 2.05) is 0 Å². The number of carbonyl (C=O) groups is 2. The number of hydrogen-bond acceptors (Lipinski definition) is 5. The lowest BCUT2D eigenvalue weighted by atomic mass is 10.0. The number of esters is 1. The summed E-state index contributed by atoms with van der Waals surface area (Å²) >= 11 is 0. The van der Waals surface area contributed by atoms with E-state index in [1.165, 1.54) is 270 Å². The first-order valence-electron chi connectivity index (χ1n) is 31.9. The molecule has 0 saturated heterocycles. The summed E-state index contributed by atoms with van der Waals surface area (Å²) in [5.74, 6) is -0.0706. The number of aliphatic hydroxyl groups excluding tert-OH is 2. The van der Waals surface area contributed by atoms with Crippen LogP contribution < -0.4 is 5.32 Å². The third kappa shape index (κ3) is 55.9. The van der Waals surface area contributed by atoms with E-state index in [-0.39, 0.29) is 18.5 Å². The van der Waals surface area contributed by atoms with Gasteiger partial charge in [-0.3, -0.25) is 9.59 Å². The summed E-state index contributed by atoms with van der Waals surface area (Å²) < 4.78 is 5.48. The minimum atomic E-state index is -0.680. The number of hydrogen-bond donors (Lipinski definition) is 3. The molecule has 0 saturated carbocycles. The Hall–Kier alpha value is -1.40. The Labute approximate surface area is 438 Å². The highest BCUT2D eigenvalue weighted by Gasteiger charge is 2.20. The zero-order chi connectivity index (χ0) is 50.7. The standard InChI is InChI=1S/C64H125NO5/c1-3-5-7-9-11-13-15-17-19-21-23-24-25-26-27-29-30-32-34-36-40-44-48-52-56-62(67)61(60-66)65-63(68)57-53-49-45-41-38-39-43-47-51-55-59-70-64(69)58-54-50-46-42-37-35-33-31-28-22-20-18-16-14-12-10-8-6-4-2/h18,20,61-62,66-67H,3-17,19,21-60H2,1-2H3,(H,65,68)/b20-18-. The Morgan fingerprint density at radius 1 is 0.386 bits per heavy atom. The Kier molecular flexibility index (Phi) is 59.0. The molecule has 3 N–H and O–H groups in total. The van der Waals surface area contributed by atoms with Gasteiger partial charge in [0.2, 0.25) is 5.91 Å². The normalized spacial score (nSPS) is 12.6. The predicted molar refractivity (Wildman–Crippen MR) is 306 cm³/mol. The number of amides is 1. The van der Waals surface area contributed by atoms with Crippen molar-refractivity contribution in [3.8, 4) is 0 Å². The molecule has 2 atom stereocenters. The molecule has 0 aliphatic heterocycles. The fourth-order valence-corrected chi connectivity index (χ4v) is 10.2. The number of carbonyl (C=O) groups excluding carboxylic acids is 2. The second kappa shape index (κ2) is 60.2. The van der Waals surface area contributed by atoms with E-state index in [0.717, 1.165) is 57.8 Å². The van der Waals surface area contributed by atoms with Gasteiger partial charge in [-0.25, -0.2) is 0 Å². The van der Waals surface area contributed by atoms with Gasteiger partial charge in [-0.15, -0.1) is 0 Å². The maximum Gasteiger partial charge on any atom is 0.305 e. The first kappa shape index (κ1) is 68.6. The summed E-state index contributed by atoms with van der Waals surface area (Å²) in [6.07, 6.45) is 72.2. The van der Waals surface area contributed by atoms with Crippen LogP contribution in [-0.4, -0.2) is 47.4 Å². The largest absolute Gasteiger partial charge is 0.466 e. The van der Waals surface area contributed by atoms with E-state index < -0.39 is 12.1 Å². The highest BCUT2D eigenvalue weighted by atomic mass is 16.5. The molecular weight excluding hydrogens is 863 g/mol. The van der Waals surface area contributed by atoms with Crippen LogP contribution in [0.15, 0.2) is 12.2 Å². The zero-order valence-electron chi connectivity index (χ0n) is 47.5. The third-order valence-corrected chi connectivity index (χ3v) is 15.1. The monoisotopic (exact) mass is 988 g/mol. The highest BCUT2D eigenvalue weighted by Crippen LogP contribution is 2.18. The van der Waals surface area contributed by atoms with Gasteiger partial charge in [0.25, 0.3) is 0 Å². The zero-order valence-corrected chi connectivity index (χ0v) is 47.5. The number of aliphatic hydroxyl groups is 2. The Morgan fingerprint density at radius 2 is 0.671 bits per heavy atom. The first-order chi connectivity index (χ1) is 34.5. The molecule has 0 aliphatic carbocycles. The van der Waals surface area contributed by atoms with Crippen LogP contribution in [0.2, 0.25) is 0 Å². The van der Waals surface area contributed by atoms with E-state index in [1.54, 1.807) is 0 Å². The van der Waals surface area contributed by atoms with Gasteiger partial charge in [0.05, 0.1) is 25.4 Å². The molecule has 0 aliphatic rings. The molecule has 0 spiro atoms. The van der Waals surface area contributed by atoms with Gasteiger partial charge in [0.1, 0.15) is 0 Å². The topological polar surface area (TPSA) is 95.9 Å². The summed E-state index contributed by atoms with van der Waals surface area (Å²) in [5.41, 5.74) is 0. The van der Waals surface area contributed by atoms with Crippen LogP contribution in [0.4, 0.5) is 0 Å². The average molecular weight is 989 g/mol. The summed E-state index contributed by atoms with van der Waals surface area (Å²) in [7, 11) is 0. The van der Waals surface area contributed by atoms with Crippen LogP contribution in [0.3, 0.4) is 0 Å². The van der Waals surface area contributed by atoms with Crippen molar-refractivity contribution in [3.63, 3.8) is 0 Å². The van der Waals surface area contributed by atoms with Gasteiger partial charge < -0.3 is 20.3 Å². The summed E-state index contributed by atoms with van der Waals surface area (Å²) in [6, 6.07) is -0.559. The molecule has 0 fully saturated rings. The number of nitrogens with one attached hydrogen (secondary N) is 1. The second-order valence-corrected chi connectivity index (χ2v) is 22.1. The van der Waals surface area contributed by atoms with E-state index in [9.17, 15) is 19.8 Å². The van der Waals surface area contributed by atoms with Gasteiger partial charge >= 0.3 is 5.97 Å². The Bertz CT molecular complexity index is 1050. The third-order valence-electron chi connectivity index (χ3n) is 15.1. The summed E-state index contributed by atoms with van der Waals surface area (Å²) in [4.78, 5) is 24.6. The molecule has 2 unspecified atom stereocenters. The van der Waals surface area contributed by atoms with Gasteiger partial charge in [0, 0.05) is 12.8 Å². The molecule has 1 amide bonds. The quantitative estimate of drug-likeness (QED) is 0.0321. The van der Waals surface area contributed by atoms with Crippen molar-refractivity contribution in [3.05, 3.63) is 12.2 Å². The van der Waals surface area contributed by atoms with E-state index in [0.29, 0.717) is 25.9 Å². The van der Waals surface area contributed by atoms with Crippen LogP contribution >= 0.6 is 0 Å². The van der Waals surface area contributed by atoms with Crippen molar-refractivity contribution < 1.29 is 24.5 Å². The van der Waals surface area contributed by atoms with Crippen LogP contribution in [0, 0.1) is 0 Å². The van der Waals surface area contributed by atoms with Crippen molar-refractivity contribution in [2.24, 2.45) is 0 Å². The van der Waals surface area contributed by atoms with Crippen molar-refractivity contribution in [2.45, 2.75) is 373 Å². The molecule has 0 aromatic heterocycles. The van der Waals surface area contributed by atoms with Crippen LogP contribution in [-0.2, 0) is 14.3 Å². The number of ether oxygens (including phenoxy) is 1. The molecule has 0 heterocycles. The molecule has 6 heteroatoms. The van der Waals surface area contributed by atoms with E-state index >= 15 is 0 Å². The van der Waals surface area contributed by atoms with Crippen molar-refractivity contribution >= 4 is 11.9 Å². The van der Waals surface area contributed by atoms with Crippen molar-refractivity contribution in [1.82, 2.24) is 5.32 Å². The van der Waals surface area contributed by atoms with Crippen LogP contribution in [0.5, 0.6) is 0 Å². The maximum absolute atomic E-state index is 12.5. The molecule has 6 nitrogen and oxygen atoms in total. The molecule has 70 heavy (non-hydrogen) atoms. The number of unbranched alkanes of at least 4 members (excludes halogenated alkanes) is 47. The van der Waals surface area contributed by atoms with Gasteiger partial charge in [-0.2, -0.15) is 0 Å². The predicted octanol–water partition coefficient (Wildman–Crippen LogP) is 20.0. The van der Waals surface area contributed by atoms with E-state index in [4.69, 9.17) is 4.74 Å². The molecular formula is C64H125NO5. The molecule has 0 rings (SSSR count). The Morgan fingerprint density at radius 3 is 1.01 bits per heavy atom. The highest BCUT2D eigenvalue weighted by molar-refractivity contribution is 5.76. The Balaban J connectivity index is 3.44. The number of allylic oxidation sites excluding steroid dienone is 2. The lowest BCUT2D eigenvalue weighted by Gasteiger charge is -2.22. The smallest absolute Gasteiger partial charge is 0.305 e. The van der Waals surface area contributed by atoms with Gasteiger partial charge in [-0.1, -0.05) is 309 Å². The van der Waals surface area contributed by atoms with Gasteiger partial charge in [-0.05, 0) is 51.4 Å². The lowest BCUT2D eigenvalue weighted by Crippen LogP contribution is -2.45. The summed E-state index contributed by atoms with van der Waals surface area (Å²) in [5, 5.41) is 23.4. The molecule has 0 aromatic rings. The van der Waals surface area contributed by atoms with E-state index in [2.05, 4.69) is 31.3 Å². The fourth-order valence-electron chi connectivity index (χ4n) is 10.2. The minimum absolute atomic E-state index is 0.0175. The average Bonchev–Trinajstić information content (AvgIpc) is 3.36. The van der Waals surface area contributed by atoms with Crippen LogP contribution in [0.1, 0.15) is 361 Å². The molecule has 0 bridgehead atoms. The lowest BCUT2D eigenvalue weighted by molar-refractivity contribution is -0.143. The maximum atomic E-state index is 12.5. The molecule has 0 radical (unpaired) electrons. The van der Waals surface area contributed by atoms with Gasteiger partial charge in [0.15, 0.2) is 0 Å². The van der Waals surface area contributed by atoms with Crippen molar-refractivity contribution in [1.29, 1.82) is 0 Å². The SMILES string of the molecule is CCCCCCCC/C=C\CCCCCCCCCCCC(=O)OCCCCCCCCCCCCC(=O)NC(CO)C(O)CCCCCCCCCCCCCCCCCCCCCCCCCC. The summed E-state index contributed by atoms with van der Waals surface area (Å²) in [6.45, 7) is 4.93. The molecule has 0 aromatic carbocycles. The van der Waals surface area contributed by atoms with Crippen LogP contribution in [0.25, 0.3) is 0 Å².